The van der Waals surface area contributed by atoms with E-state index in [1.165, 1.54) is 12.1 Å². The molecule has 0 saturated carbocycles. The van der Waals surface area contributed by atoms with Crippen LogP contribution in [0.25, 0.3) is 0 Å². The van der Waals surface area contributed by atoms with Crippen LogP contribution in [0.3, 0.4) is 0 Å². The fraction of sp³-hybridized carbons (Fsp3) is 0.417. The van der Waals surface area contributed by atoms with Gasteiger partial charge in [-0.15, -0.1) is 12.4 Å². The molecule has 0 saturated heterocycles. The van der Waals surface area contributed by atoms with Gasteiger partial charge >= 0.3 is 0 Å². The molecule has 0 aromatic heterocycles. The van der Waals surface area contributed by atoms with Gasteiger partial charge in [0.05, 0.1) is 12.6 Å². The van der Waals surface area contributed by atoms with Gasteiger partial charge in [-0.3, -0.25) is 4.79 Å². The predicted molar refractivity (Wildman–Crippen MR) is 69.7 cm³/mol. The number of rotatable bonds is 5. The fourth-order valence-electron chi connectivity index (χ4n) is 1.33. The second-order valence-corrected chi connectivity index (χ2v) is 3.82. The molecule has 0 unspecified atom stereocenters. The van der Waals surface area contributed by atoms with E-state index in [0.29, 0.717) is 12.0 Å². The molecule has 0 heterocycles. The summed E-state index contributed by atoms with van der Waals surface area (Å²) in [6, 6.07) is 3.92. The smallest absolute Gasteiger partial charge is 0.237 e. The Morgan fingerprint density at radius 3 is 2.72 bits per heavy atom. The van der Waals surface area contributed by atoms with Crippen LogP contribution in [0, 0.1) is 5.82 Å². The minimum absolute atomic E-state index is 0. The van der Waals surface area contributed by atoms with Gasteiger partial charge in [0.15, 0.2) is 0 Å². The zero-order chi connectivity index (χ0) is 12.8. The number of carbonyl (C=O) groups is 1. The SMILES string of the molecule is CC[C@H](N)C(=O)NCc1ccc(CO)c(F)c1.Cl. The lowest BCUT2D eigenvalue weighted by Gasteiger charge is -2.10. The Bertz CT molecular complexity index is 402. The third-order valence-electron chi connectivity index (χ3n) is 2.53. The Balaban J connectivity index is 0.00000289. The summed E-state index contributed by atoms with van der Waals surface area (Å²) in [5.41, 5.74) is 6.41. The Labute approximate surface area is 112 Å². The highest BCUT2D eigenvalue weighted by Gasteiger charge is 2.10. The van der Waals surface area contributed by atoms with Crippen molar-refractivity contribution < 1.29 is 14.3 Å². The zero-order valence-electron chi connectivity index (χ0n) is 10.1. The lowest BCUT2D eigenvalue weighted by molar-refractivity contribution is -0.122. The van der Waals surface area contributed by atoms with Crippen LogP contribution in [-0.2, 0) is 17.9 Å². The van der Waals surface area contributed by atoms with Gasteiger partial charge in [-0.25, -0.2) is 4.39 Å². The van der Waals surface area contributed by atoms with Crippen LogP contribution in [0.1, 0.15) is 24.5 Å². The van der Waals surface area contributed by atoms with Gasteiger partial charge in [-0.2, -0.15) is 0 Å². The highest BCUT2D eigenvalue weighted by atomic mass is 35.5. The molecule has 1 aromatic carbocycles. The first-order chi connectivity index (χ1) is 8.08. The normalized spacial score (nSPS) is 11.6. The van der Waals surface area contributed by atoms with Gasteiger partial charge in [0, 0.05) is 12.1 Å². The van der Waals surface area contributed by atoms with Crippen molar-refractivity contribution in [2.24, 2.45) is 5.73 Å². The number of hydrogen-bond donors (Lipinski definition) is 3. The number of aliphatic hydroxyl groups is 1. The summed E-state index contributed by atoms with van der Waals surface area (Å²) in [7, 11) is 0. The maximum Gasteiger partial charge on any atom is 0.237 e. The van der Waals surface area contributed by atoms with E-state index >= 15 is 0 Å². The Morgan fingerprint density at radius 2 is 2.22 bits per heavy atom. The molecule has 4 nitrogen and oxygen atoms in total. The molecule has 0 aliphatic carbocycles. The minimum atomic E-state index is -0.531. The number of aliphatic hydroxyl groups excluding tert-OH is 1. The van der Waals surface area contributed by atoms with E-state index in [1.807, 2.05) is 6.92 Å². The van der Waals surface area contributed by atoms with Crippen molar-refractivity contribution in [3.63, 3.8) is 0 Å². The maximum absolute atomic E-state index is 13.3. The van der Waals surface area contributed by atoms with E-state index in [0.717, 1.165) is 0 Å². The standard InChI is InChI=1S/C12H17FN2O2.ClH/c1-2-11(14)12(17)15-6-8-3-4-9(7-16)10(13)5-8;/h3-5,11,16H,2,6-7,14H2,1H3,(H,15,17);1H/t11-;/m0./s1. The first kappa shape index (κ1) is 16.8. The van der Waals surface area contributed by atoms with Crippen LogP contribution in [0.5, 0.6) is 0 Å². The maximum atomic E-state index is 13.3. The first-order valence-electron chi connectivity index (χ1n) is 5.50. The topological polar surface area (TPSA) is 75.4 Å². The number of nitrogens with two attached hydrogens (primary N) is 1. The Kier molecular flexibility index (Phi) is 7.50. The van der Waals surface area contributed by atoms with E-state index in [-0.39, 0.29) is 37.0 Å². The van der Waals surface area contributed by atoms with Crippen molar-refractivity contribution in [3.8, 4) is 0 Å². The monoisotopic (exact) mass is 276 g/mol. The molecular formula is C12H18ClFN2O2. The summed E-state index contributed by atoms with van der Waals surface area (Å²) >= 11 is 0. The van der Waals surface area contributed by atoms with Crippen LogP contribution in [-0.4, -0.2) is 17.1 Å². The van der Waals surface area contributed by atoms with Gasteiger partial charge in [-0.05, 0) is 18.1 Å². The van der Waals surface area contributed by atoms with Crippen molar-refractivity contribution in [2.75, 3.05) is 0 Å². The average molecular weight is 277 g/mol. The average Bonchev–Trinajstić information content (AvgIpc) is 2.35. The van der Waals surface area contributed by atoms with Crippen molar-refractivity contribution in [3.05, 3.63) is 35.1 Å². The third kappa shape index (κ3) is 4.60. The summed E-state index contributed by atoms with van der Waals surface area (Å²) in [5, 5.41) is 11.4. The van der Waals surface area contributed by atoms with Gasteiger partial charge in [-0.1, -0.05) is 19.1 Å². The molecule has 1 aromatic rings. The molecule has 0 aliphatic rings. The third-order valence-corrected chi connectivity index (χ3v) is 2.53. The van der Waals surface area contributed by atoms with Crippen molar-refractivity contribution in [2.45, 2.75) is 32.5 Å². The number of hydrogen-bond acceptors (Lipinski definition) is 3. The van der Waals surface area contributed by atoms with Gasteiger partial charge in [0.1, 0.15) is 5.82 Å². The number of amides is 1. The van der Waals surface area contributed by atoms with E-state index < -0.39 is 11.9 Å². The Morgan fingerprint density at radius 1 is 1.56 bits per heavy atom. The predicted octanol–water partition coefficient (Wildman–Crippen LogP) is 1.09. The molecule has 0 aliphatic heterocycles. The number of carbonyl (C=O) groups excluding carboxylic acids is 1. The van der Waals surface area contributed by atoms with Crippen LogP contribution in [0.4, 0.5) is 4.39 Å². The molecule has 0 spiro atoms. The lowest BCUT2D eigenvalue weighted by atomic mass is 10.1. The molecule has 0 bridgehead atoms. The second kappa shape index (κ2) is 8.02. The van der Waals surface area contributed by atoms with Crippen molar-refractivity contribution >= 4 is 18.3 Å². The summed E-state index contributed by atoms with van der Waals surface area (Å²) in [6.45, 7) is 1.72. The van der Waals surface area contributed by atoms with Crippen LogP contribution >= 0.6 is 12.4 Å². The number of halogens is 2. The number of benzene rings is 1. The van der Waals surface area contributed by atoms with Gasteiger partial charge < -0.3 is 16.2 Å². The van der Waals surface area contributed by atoms with E-state index in [2.05, 4.69) is 5.32 Å². The summed E-state index contributed by atoms with van der Waals surface area (Å²) < 4.78 is 13.3. The minimum Gasteiger partial charge on any atom is -0.392 e. The molecule has 1 amide bonds. The number of nitrogens with one attached hydrogen (secondary N) is 1. The van der Waals surface area contributed by atoms with Crippen LogP contribution in [0.15, 0.2) is 18.2 Å². The van der Waals surface area contributed by atoms with E-state index in [4.69, 9.17) is 10.8 Å². The molecule has 1 rings (SSSR count). The van der Waals surface area contributed by atoms with Crippen LogP contribution in [0.2, 0.25) is 0 Å². The highest BCUT2D eigenvalue weighted by molar-refractivity contribution is 5.85. The lowest BCUT2D eigenvalue weighted by Crippen LogP contribution is -2.39. The molecule has 1 atom stereocenters. The van der Waals surface area contributed by atoms with E-state index in [1.54, 1.807) is 6.07 Å². The second-order valence-electron chi connectivity index (χ2n) is 3.82. The largest absolute Gasteiger partial charge is 0.392 e. The summed E-state index contributed by atoms with van der Waals surface area (Å²) in [4.78, 5) is 11.4. The molecule has 0 fully saturated rings. The zero-order valence-corrected chi connectivity index (χ0v) is 11.0. The quantitative estimate of drug-likeness (QED) is 0.754. The summed E-state index contributed by atoms with van der Waals surface area (Å²) in [5.74, 6) is -0.724. The molecule has 6 heteroatoms. The van der Waals surface area contributed by atoms with Crippen LogP contribution < -0.4 is 11.1 Å². The van der Waals surface area contributed by atoms with Crippen molar-refractivity contribution in [1.29, 1.82) is 0 Å². The highest BCUT2D eigenvalue weighted by Crippen LogP contribution is 2.10. The fourth-order valence-corrected chi connectivity index (χ4v) is 1.33. The molecule has 4 N–H and O–H groups in total. The first-order valence-corrected chi connectivity index (χ1v) is 5.50. The molecule has 18 heavy (non-hydrogen) atoms. The molecule has 102 valence electrons. The van der Waals surface area contributed by atoms with E-state index in [9.17, 15) is 9.18 Å². The molecule has 0 radical (unpaired) electrons. The molecular weight excluding hydrogens is 259 g/mol. The van der Waals surface area contributed by atoms with Crippen molar-refractivity contribution in [1.82, 2.24) is 5.32 Å². The summed E-state index contributed by atoms with van der Waals surface area (Å²) in [6.07, 6.45) is 0.559. The van der Waals surface area contributed by atoms with Gasteiger partial charge in [0.25, 0.3) is 0 Å². The Hall–Kier alpha value is -1.17. The van der Waals surface area contributed by atoms with Gasteiger partial charge in [0.2, 0.25) is 5.91 Å².